The van der Waals surface area contributed by atoms with Crippen molar-refractivity contribution >= 4 is 18.3 Å². The van der Waals surface area contributed by atoms with Crippen LogP contribution in [0.4, 0.5) is 4.39 Å². The minimum Gasteiger partial charge on any atom is -0.356 e. The van der Waals surface area contributed by atoms with Gasteiger partial charge in [0, 0.05) is 24.9 Å². The number of nitrogens with one attached hydrogen (secondary N) is 1. The van der Waals surface area contributed by atoms with Crippen molar-refractivity contribution in [2.75, 3.05) is 13.1 Å². The lowest BCUT2D eigenvalue weighted by molar-refractivity contribution is -0.121. The van der Waals surface area contributed by atoms with Gasteiger partial charge < -0.3 is 15.6 Å². The lowest BCUT2D eigenvalue weighted by atomic mass is 10.1. The van der Waals surface area contributed by atoms with E-state index in [9.17, 15) is 9.18 Å². The van der Waals surface area contributed by atoms with Crippen LogP contribution in [0.5, 0.6) is 0 Å². The minimum absolute atomic E-state index is 0. The number of hydrogen-bond donors (Lipinski definition) is 2. The van der Waals surface area contributed by atoms with Crippen LogP contribution in [-0.2, 0) is 11.2 Å². The summed E-state index contributed by atoms with van der Waals surface area (Å²) in [5.41, 5.74) is 6.69. The second-order valence-corrected chi connectivity index (χ2v) is 5.62. The number of rotatable bonds is 7. The highest BCUT2D eigenvalue weighted by atomic mass is 35.5. The van der Waals surface area contributed by atoms with Gasteiger partial charge >= 0.3 is 0 Å². The fraction of sp³-hybridized carbons (Fsp3) is 0.438. The molecule has 0 fully saturated rings. The van der Waals surface area contributed by atoms with Crippen molar-refractivity contribution in [3.8, 4) is 11.4 Å². The Morgan fingerprint density at radius 3 is 2.88 bits per heavy atom. The van der Waals surface area contributed by atoms with E-state index in [0.717, 1.165) is 0 Å². The average molecular weight is 357 g/mol. The number of carbonyl (C=O) groups excluding carboxylic acids is 1. The van der Waals surface area contributed by atoms with Gasteiger partial charge in [-0.2, -0.15) is 4.98 Å². The van der Waals surface area contributed by atoms with Crippen molar-refractivity contribution in [1.29, 1.82) is 0 Å². The van der Waals surface area contributed by atoms with E-state index in [1.807, 2.05) is 6.92 Å². The predicted molar refractivity (Wildman–Crippen MR) is 91.2 cm³/mol. The highest BCUT2D eigenvalue weighted by Gasteiger charge is 2.12. The fourth-order valence-corrected chi connectivity index (χ4v) is 1.94. The van der Waals surface area contributed by atoms with Crippen molar-refractivity contribution in [3.05, 3.63) is 35.5 Å². The van der Waals surface area contributed by atoms with Crippen LogP contribution >= 0.6 is 12.4 Å². The molecule has 8 heteroatoms. The molecular weight excluding hydrogens is 335 g/mol. The molecule has 0 saturated carbocycles. The Labute approximate surface area is 146 Å². The van der Waals surface area contributed by atoms with Gasteiger partial charge in [-0.15, -0.1) is 12.4 Å². The molecule has 0 bridgehead atoms. The van der Waals surface area contributed by atoms with E-state index in [2.05, 4.69) is 15.5 Å². The summed E-state index contributed by atoms with van der Waals surface area (Å²) in [5.74, 6) is 0.656. The molecule has 2 aromatic rings. The molecule has 1 aromatic heterocycles. The molecule has 1 heterocycles. The molecule has 0 spiro atoms. The van der Waals surface area contributed by atoms with E-state index in [-0.39, 0.29) is 36.5 Å². The molecule has 0 radical (unpaired) electrons. The van der Waals surface area contributed by atoms with E-state index in [1.165, 1.54) is 6.07 Å². The summed E-state index contributed by atoms with van der Waals surface area (Å²) < 4.78 is 18.4. The van der Waals surface area contributed by atoms with E-state index >= 15 is 0 Å². The Bertz CT molecular complexity index is 678. The number of carbonyl (C=O) groups is 1. The second-order valence-electron chi connectivity index (χ2n) is 5.62. The fourth-order valence-electron chi connectivity index (χ4n) is 1.94. The first-order valence-corrected chi connectivity index (χ1v) is 7.55. The Morgan fingerprint density at radius 1 is 1.46 bits per heavy atom. The summed E-state index contributed by atoms with van der Waals surface area (Å²) in [6.07, 6.45) is 0.622. The lowest BCUT2D eigenvalue weighted by Crippen LogP contribution is -2.31. The van der Waals surface area contributed by atoms with Crippen LogP contribution in [0, 0.1) is 18.7 Å². The Hall–Kier alpha value is -1.99. The van der Waals surface area contributed by atoms with Crippen LogP contribution in [0.1, 0.15) is 24.8 Å². The normalized spacial score (nSPS) is 11.7. The van der Waals surface area contributed by atoms with E-state index in [1.54, 1.807) is 19.1 Å². The quantitative estimate of drug-likeness (QED) is 0.793. The van der Waals surface area contributed by atoms with Gasteiger partial charge in [-0.25, -0.2) is 4.39 Å². The predicted octanol–water partition coefficient (Wildman–Crippen LogP) is 2.25. The third kappa shape index (κ3) is 5.58. The van der Waals surface area contributed by atoms with Crippen LogP contribution in [0.2, 0.25) is 0 Å². The van der Waals surface area contributed by atoms with Crippen LogP contribution in [0.25, 0.3) is 11.4 Å². The summed E-state index contributed by atoms with van der Waals surface area (Å²) in [6, 6.07) is 4.62. The van der Waals surface area contributed by atoms with Crippen LogP contribution in [-0.4, -0.2) is 29.1 Å². The molecule has 1 aromatic carbocycles. The molecule has 2 rings (SSSR count). The van der Waals surface area contributed by atoms with Gasteiger partial charge in [0.2, 0.25) is 17.6 Å². The first-order chi connectivity index (χ1) is 11.0. The van der Waals surface area contributed by atoms with Gasteiger partial charge in [0.15, 0.2) is 0 Å². The Kier molecular flexibility index (Phi) is 7.81. The minimum atomic E-state index is -0.277. The average Bonchev–Trinajstić information content (AvgIpc) is 3.02. The molecule has 0 saturated heterocycles. The SMILES string of the molecule is Cc1cc(-c2noc(CCC(=O)NCC(C)CN)n2)ccc1F.Cl. The van der Waals surface area contributed by atoms with Crippen molar-refractivity contribution < 1.29 is 13.7 Å². The zero-order valence-corrected chi connectivity index (χ0v) is 14.5. The van der Waals surface area contributed by atoms with Gasteiger partial charge in [0.05, 0.1) is 0 Å². The van der Waals surface area contributed by atoms with Crippen LogP contribution in [0.3, 0.4) is 0 Å². The highest BCUT2D eigenvalue weighted by molar-refractivity contribution is 5.85. The summed E-state index contributed by atoms with van der Waals surface area (Å²) >= 11 is 0. The monoisotopic (exact) mass is 356 g/mol. The molecule has 1 atom stereocenters. The largest absolute Gasteiger partial charge is 0.356 e. The third-order valence-electron chi connectivity index (χ3n) is 3.50. The molecular formula is C16H22ClFN4O2. The first-order valence-electron chi connectivity index (χ1n) is 7.55. The first kappa shape index (κ1) is 20.1. The van der Waals surface area contributed by atoms with Gasteiger partial charge in [-0.3, -0.25) is 4.79 Å². The Morgan fingerprint density at radius 2 is 2.21 bits per heavy atom. The topological polar surface area (TPSA) is 94.0 Å². The number of hydrogen-bond acceptors (Lipinski definition) is 5. The maximum atomic E-state index is 13.3. The number of halogens is 2. The van der Waals surface area contributed by atoms with Crippen molar-refractivity contribution in [1.82, 2.24) is 15.5 Å². The maximum absolute atomic E-state index is 13.3. The number of nitrogens with two attached hydrogens (primary N) is 1. The molecule has 3 N–H and O–H groups in total. The Balaban J connectivity index is 0.00000288. The van der Waals surface area contributed by atoms with E-state index in [0.29, 0.717) is 42.4 Å². The molecule has 0 aliphatic heterocycles. The molecule has 6 nitrogen and oxygen atoms in total. The number of amides is 1. The highest BCUT2D eigenvalue weighted by Crippen LogP contribution is 2.19. The van der Waals surface area contributed by atoms with Gasteiger partial charge in [-0.1, -0.05) is 12.1 Å². The molecule has 24 heavy (non-hydrogen) atoms. The van der Waals surface area contributed by atoms with E-state index < -0.39 is 0 Å². The zero-order valence-electron chi connectivity index (χ0n) is 13.7. The third-order valence-corrected chi connectivity index (χ3v) is 3.50. The lowest BCUT2D eigenvalue weighted by Gasteiger charge is -2.09. The molecule has 1 amide bonds. The number of aromatic nitrogens is 2. The summed E-state index contributed by atoms with van der Waals surface area (Å²) in [4.78, 5) is 15.9. The summed E-state index contributed by atoms with van der Waals surface area (Å²) in [5, 5.41) is 6.67. The number of benzene rings is 1. The molecule has 0 aliphatic rings. The number of aryl methyl sites for hydroxylation is 2. The van der Waals surface area contributed by atoms with Crippen molar-refractivity contribution in [3.63, 3.8) is 0 Å². The van der Waals surface area contributed by atoms with Gasteiger partial charge in [0.25, 0.3) is 0 Å². The summed E-state index contributed by atoms with van der Waals surface area (Å²) in [6.45, 7) is 4.73. The zero-order chi connectivity index (χ0) is 16.8. The maximum Gasteiger partial charge on any atom is 0.227 e. The molecule has 132 valence electrons. The van der Waals surface area contributed by atoms with E-state index in [4.69, 9.17) is 10.3 Å². The standard InChI is InChI=1S/C16H21FN4O2.ClH/c1-10(8-18)9-19-14(22)5-6-15-20-16(21-23-15)12-3-4-13(17)11(2)7-12;/h3-4,7,10H,5-6,8-9,18H2,1-2H3,(H,19,22);1H. The second kappa shape index (κ2) is 9.34. The smallest absolute Gasteiger partial charge is 0.227 e. The van der Waals surface area contributed by atoms with Crippen molar-refractivity contribution in [2.45, 2.75) is 26.7 Å². The molecule has 1 unspecified atom stereocenters. The van der Waals surface area contributed by atoms with Crippen molar-refractivity contribution in [2.24, 2.45) is 11.7 Å². The summed E-state index contributed by atoms with van der Waals surface area (Å²) in [7, 11) is 0. The number of nitrogens with zero attached hydrogens (tertiary/aromatic N) is 2. The van der Waals surface area contributed by atoms with Gasteiger partial charge in [-0.05, 0) is 43.1 Å². The molecule has 0 aliphatic carbocycles. The van der Waals surface area contributed by atoms with Crippen LogP contribution < -0.4 is 11.1 Å². The van der Waals surface area contributed by atoms with Gasteiger partial charge in [0.1, 0.15) is 5.82 Å². The van der Waals surface area contributed by atoms with Crippen LogP contribution in [0.15, 0.2) is 22.7 Å².